The summed E-state index contributed by atoms with van der Waals surface area (Å²) >= 11 is 1.28. The van der Waals surface area contributed by atoms with E-state index in [1.54, 1.807) is 0 Å². The fourth-order valence-corrected chi connectivity index (χ4v) is 5.13. The van der Waals surface area contributed by atoms with Crippen molar-refractivity contribution in [3.8, 4) is 0 Å². The number of nitrogens with zero attached hydrogens (tertiary/aromatic N) is 4. The number of thiazole rings is 1. The highest BCUT2D eigenvalue weighted by Gasteiger charge is 2.32. The zero-order valence-corrected chi connectivity index (χ0v) is 17.4. The second-order valence-corrected chi connectivity index (χ2v) is 8.79. The van der Waals surface area contributed by atoms with E-state index in [1.165, 1.54) is 23.2 Å². The highest BCUT2D eigenvalue weighted by Crippen LogP contribution is 2.40. The monoisotopic (exact) mass is 424 g/mol. The summed E-state index contributed by atoms with van der Waals surface area (Å²) in [5.41, 5.74) is 2.78. The zero-order valence-electron chi connectivity index (χ0n) is 16.5. The molecule has 3 aromatic rings. The van der Waals surface area contributed by atoms with Gasteiger partial charge in [0.15, 0.2) is 10.8 Å². The van der Waals surface area contributed by atoms with E-state index in [-0.39, 0.29) is 18.6 Å². The molecular formula is C21H24N6O2S. The lowest BCUT2D eigenvalue weighted by molar-refractivity contribution is 0.0944. The summed E-state index contributed by atoms with van der Waals surface area (Å²) in [5, 5.41) is 16.7. The van der Waals surface area contributed by atoms with Crippen molar-refractivity contribution in [1.29, 1.82) is 0 Å². The van der Waals surface area contributed by atoms with Crippen molar-refractivity contribution in [3.05, 3.63) is 41.2 Å². The first-order chi connectivity index (χ1) is 14.7. The Balaban J connectivity index is 1.43. The third-order valence-corrected chi connectivity index (χ3v) is 6.85. The summed E-state index contributed by atoms with van der Waals surface area (Å²) in [6.45, 7) is 2.68. The molecule has 1 aromatic carbocycles. The molecule has 4 heterocycles. The minimum atomic E-state index is -0.164. The van der Waals surface area contributed by atoms with Crippen molar-refractivity contribution in [3.63, 3.8) is 0 Å². The Labute approximate surface area is 178 Å². The van der Waals surface area contributed by atoms with Gasteiger partial charge >= 0.3 is 0 Å². The third-order valence-electron chi connectivity index (χ3n) is 5.89. The van der Waals surface area contributed by atoms with Crippen molar-refractivity contribution in [2.75, 3.05) is 31.1 Å². The largest absolute Gasteiger partial charge is 0.394 e. The highest BCUT2D eigenvalue weighted by molar-refractivity contribution is 7.19. The van der Waals surface area contributed by atoms with Crippen LogP contribution in [-0.4, -0.2) is 58.2 Å². The maximum atomic E-state index is 12.7. The first-order valence-electron chi connectivity index (χ1n) is 10.3. The molecule has 0 aliphatic carbocycles. The van der Waals surface area contributed by atoms with E-state index in [9.17, 15) is 9.90 Å². The smallest absolute Gasteiger partial charge is 0.280 e. The zero-order chi connectivity index (χ0) is 20.5. The predicted molar refractivity (Wildman–Crippen MR) is 116 cm³/mol. The van der Waals surface area contributed by atoms with Crippen LogP contribution in [0.15, 0.2) is 30.6 Å². The molecule has 3 N–H and O–H groups in total. The third kappa shape index (κ3) is 3.53. The van der Waals surface area contributed by atoms with Crippen molar-refractivity contribution >= 4 is 39.1 Å². The van der Waals surface area contributed by atoms with Gasteiger partial charge in [0, 0.05) is 12.2 Å². The van der Waals surface area contributed by atoms with Gasteiger partial charge < -0.3 is 20.6 Å². The minimum Gasteiger partial charge on any atom is -0.394 e. The van der Waals surface area contributed by atoms with Gasteiger partial charge in [-0.05, 0) is 49.9 Å². The second-order valence-electron chi connectivity index (χ2n) is 7.81. The summed E-state index contributed by atoms with van der Waals surface area (Å²) in [7, 11) is 0. The molecule has 8 nitrogen and oxygen atoms in total. The number of aliphatic hydroxyl groups is 1. The number of aliphatic hydroxyl groups excluding tert-OH is 1. The standard InChI is InChI=1S/C21H24N6O2S/c28-11-15-9-14-3-1-2-4-16(14)27(15)18-17-20(25-12-24-18)30-21(26-17)19(29)23-10-13-5-7-22-8-6-13/h1-4,12-13,15,22,28H,5-11H2,(H,23,29)/t15-/m0/s1. The van der Waals surface area contributed by atoms with Crippen LogP contribution in [0.4, 0.5) is 11.5 Å². The lowest BCUT2D eigenvalue weighted by atomic mass is 9.98. The number of piperidine rings is 1. The molecule has 30 heavy (non-hydrogen) atoms. The second kappa shape index (κ2) is 8.25. The number of nitrogens with one attached hydrogen (secondary N) is 2. The molecule has 1 amide bonds. The summed E-state index contributed by atoms with van der Waals surface area (Å²) < 4.78 is 0. The van der Waals surface area contributed by atoms with Crippen LogP contribution in [0.25, 0.3) is 10.3 Å². The molecule has 1 fully saturated rings. The van der Waals surface area contributed by atoms with Crippen molar-refractivity contribution < 1.29 is 9.90 Å². The van der Waals surface area contributed by atoms with Gasteiger partial charge in [0.1, 0.15) is 16.7 Å². The molecule has 1 atom stereocenters. The highest BCUT2D eigenvalue weighted by atomic mass is 32.1. The van der Waals surface area contributed by atoms with E-state index < -0.39 is 0 Å². The van der Waals surface area contributed by atoms with Gasteiger partial charge in [-0.15, -0.1) is 0 Å². The van der Waals surface area contributed by atoms with Crippen LogP contribution in [0.2, 0.25) is 0 Å². The number of rotatable bonds is 5. The molecule has 0 bridgehead atoms. The van der Waals surface area contributed by atoms with E-state index in [0.717, 1.165) is 38.0 Å². The Bertz CT molecular complexity index is 1060. The molecule has 2 aliphatic rings. The molecule has 0 unspecified atom stereocenters. The van der Waals surface area contributed by atoms with Crippen LogP contribution in [0.1, 0.15) is 28.2 Å². The molecule has 2 aromatic heterocycles. The van der Waals surface area contributed by atoms with E-state index >= 15 is 0 Å². The number of aromatic nitrogens is 3. The van der Waals surface area contributed by atoms with Gasteiger partial charge in [-0.25, -0.2) is 15.0 Å². The van der Waals surface area contributed by atoms with E-state index in [0.29, 0.717) is 33.6 Å². The number of amides is 1. The van der Waals surface area contributed by atoms with Crippen LogP contribution >= 0.6 is 11.3 Å². The number of anilines is 2. The lowest BCUT2D eigenvalue weighted by Gasteiger charge is -2.25. The van der Waals surface area contributed by atoms with Gasteiger partial charge in [-0.1, -0.05) is 29.5 Å². The van der Waals surface area contributed by atoms with Crippen molar-refractivity contribution in [2.24, 2.45) is 5.92 Å². The fraction of sp³-hybridized carbons (Fsp3) is 0.429. The fourth-order valence-electron chi connectivity index (χ4n) is 4.31. The number of hydrogen-bond acceptors (Lipinski definition) is 8. The summed E-state index contributed by atoms with van der Waals surface area (Å²) in [6.07, 6.45) is 4.40. The number of carbonyl (C=O) groups is 1. The van der Waals surface area contributed by atoms with Crippen LogP contribution in [0.3, 0.4) is 0 Å². The van der Waals surface area contributed by atoms with Gasteiger partial charge in [-0.2, -0.15) is 0 Å². The molecular weight excluding hydrogens is 400 g/mol. The Kier molecular flexibility index (Phi) is 5.32. The predicted octanol–water partition coefficient (Wildman–Crippen LogP) is 1.87. The Hall–Kier alpha value is -2.62. The van der Waals surface area contributed by atoms with Crippen LogP contribution in [-0.2, 0) is 6.42 Å². The summed E-state index contributed by atoms with van der Waals surface area (Å²) in [5.74, 6) is 0.979. The molecule has 0 radical (unpaired) electrons. The first-order valence-corrected chi connectivity index (χ1v) is 11.1. The van der Waals surface area contributed by atoms with Crippen molar-refractivity contribution in [1.82, 2.24) is 25.6 Å². The van der Waals surface area contributed by atoms with Gasteiger partial charge in [-0.3, -0.25) is 4.79 Å². The van der Waals surface area contributed by atoms with Crippen LogP contribution < -0.4 is 15.5 Å². The van der Waals surface area contributed by atoms with Crippen molar-refractivity contribution in [2.45, 2.75) is 25.3 Å². The van der Waals surface area contributed by atoms with E-state index in [2.05, 4.69) is 31.7 Å². The molecule has 156 valence electrons. The minimum absolute atomic E-state index is 0.00784. The van der Waals surface area contributed by atoms with Crippen LogP contribution in [0.5, 0.6) is 0 Å². The average molecular weight is 425 g/mol. The number of fused-ring (bicyclic) bond motifs is 2. The van der Waals surface area contributed by atoms with E-state index in [1.807, 2.05) is 23.1 Å². The maximum Gasteiger partial charge on any atom is 0.280 e. The number of hydrogen-bond donors (Lipinski definition) is 3. The van der Waals surface area contributed by atoms with E-state index in [4.69, 9.17) is 0 Å². The molecule has 9 heteroatoms. The lowest BCUT2D eigenvalue weighted by Crippen LogP contribution is -2.35. The number of carbonyl (C=O) groups excluding carboxylic acids is 1. The quantitative estimate of drug-likeness (QED) is 0.574. The Morgan fingerprint density at radius 1 is 1.27 bits per heavy atom. The summed E-state index contributed by atoms with van der Waals surface area (Å²) in [6, 6.07) is 7.96. The van der Waals surface area contributed by atoms with Gasteiger partial charge in [0.2, 0.25) is 0 Å². The molecule has 2 aliphatic heterocycles. The normalized spacial score (nSPS) is 19.2. The molecule has 1 saturated heterocycles. The average Bonchev–Trinajstić information content (AvgIpc) is 3.39. The molecule has 0 spiro atoms. The Morgan fingerprint density at radius 2 is 2.10 bits per heavy atom. The number of para-hydroxylation sites is 1. The van der Waals surface area contributed by atoms with Gasteiger partial charge in [0.05, 0.1) is 12.6 Å². The van der Waals surface area contributed by atoms with Crippen LogP contribution in [0, 0.1) is 5.92 Å². The molecule has 0 saturated carbocycles. The molecule has 5 rings (SSSR count). The number of benzene rings is 1. The maximum absolute atomic E-state index is 12.7. The van der Waals surface area contributed by atoms with Gasteiger partial charge in [0.25, 0.3) is 5.91 Å². The topological polar surface area (TPSA) is 103 Å². The summed E-state index contributed by atoms with van der Waals surface area (Å²) in [4.78, 5) is 28.9. The SMILES string of the molecule is O=C(NCC1CCNCC1)c1nc2c(N3c4ccccc4C[C@H]3CO)ncnc2s1. The first kappa shape index (κ1) is 19.3. The Morgan fingerprint density at radius 3 is 2.93 bits per heavy atom.